The lowest BCUT2D eigenvalue weighted by atomic mass is 10.0. The van der Waals surface area contributed by atoms with Crippen LogP contribution in [0.1, 0.15) is 13.8 Å². The monoisotopic (exact) mass is 270 g/mol. The van der Waals surface area contributed by atoms with Crippen LogP contribution in [-0.2, 0) is 9.47 Å². The lowest BCUT2D eigenvalue weighted by Gasteiger charge is -2.40. The number of hydrogen-bond acceptors (Lipinski definition) is 4. The molecule has 0 bridgehead atoms. The number of hydrogen-bond donors (Lipinski definition) is 1. The summed E-state index contributed by atoms with van der Waals surface area (Å²) in [5.74, 6) is 0.643. The number of rotatable bonds is 3. The van der Waals surface area contributed by atoms with Crippen LogP contribution in [0.5, 0.6) is 0 Å². The molecule has 0 atom stereocenters. The van der Waals surface area contributed by atoms with Gasteiger partial charge in [-0.15, -0.1) is 0 Å². The van der Waals surface area contributed by atoms with Gasteiger partial charge in [-0.05, 0) is 13.8 Å². The van der Waals surface area contributed by atoms with Crippen molar-refractivity contribution in [2.24, 2.45) is 10.7 Å². The molecular weight excluding hydrogens is 244 g/mol. The summed E-state index contributed by atoms with van der Waals surface area (Å²) in [6.45, 7) is 11.9. The zero-order valence-corrected chi connectivity index (χ0v) is 12.1. The van der Waals surface area contributed by atoms with E-state index in [1.54, 1.807) is 0 Å². The zero-order valence-electron chi connectivity index (χ0n) is 12.1. The molecule has 0 spiro atoms. The van der Waals surface area contributed by atoms with Crippen molar-refractivity contribution >= 4 is 5.96 Å². The number of morpholine rings is 2. The van der Waals surface area contributed by atoms with Crippen molar-refractivity contribution in [2.45, 2.75) is 19.4 Å². The summed E-state index contributed by atoms with van der Waals surface area (Å²) in [5.41, 5.74) is 6.09. The van der Waals surface area contributed by atoms with Crippen molar-refractivity contribution in [1.82, 2.24) is 9.80 Å². The van der Waals surface area contributed by atoms with Crippen molar-refractivity contribution in [3.8, 4) is 0 Å². The summed E-state index contributed by atoms with van der Waals surface area (Å²) < 4.78 is 10.7. The Hall–Kier alpha value is -0.850. The van der Waals surface area contributed by atoms with Crippen LogP contribution in [0, 0.1) is 0 Å². The lowest BCUT2D eigenvalue weighted by molar-refractivity contribution is -0.00695. The van der Waals surface area contributed by atoms with Crippen LogP contribution in [0.2, 0.25) is 0 Å². The van der Waals surface area contributed by atoms with E-state index in [2.05, 4.69) is 28.6 Å². The van der Waals surface area contributed by atoms with Crippen LogP contribution >= 0.6 is 0 Å². The van der Waals surface area contributed by atoms with Crippen LogP contribution in [0.25, 0.3) is 0 Å². The highest BCUT2D eigenvalue weighted by atomic mass is 16.5. The fourth-order valence-electron chi connectivity index (χ4n) is 2.44. The Labute approximate surface area is 115 Å². The van der Waals surface area contributed by atoms with E-state index in [0.717, 1.165) is 59.2 Å². The first-order valence-electron chi connectivity index (χ1n) is 7.05. The molecule has 2 aliphatic rings. The van der Waals surface area contributed by atoms with Crippen LogP contribution in [0.4, 0.5) is 0 Å². The van der Waals surface area contributed by atoms with Gasteiger partial charge in [-0.1, -0.05) is 0 Å². The molecule has 2 rings (SSSR count). The summed E-state index contributed by atoms with van der Waals surface area (Å²) >= 11 is 0. The minimum Gasteiger partial charge on any atom is -0.379 e. The molecule has 0 aromatic carbocycles. The number of nitrogens with zero attached hydrogens (tertiary/aromatic N) is 3. The van der Waals surface area contributed by atoms with E-state index < -0.39 is 0 Å². The molecule has 19 heavy (non-hydrogen) atoms. The molecule has 2 saturated heterocycles. The first-order valence-corrected chi connectivity index (χ1v) is 7.05. The molecular formula is C13H26N4O2. The second kappa shape index (κ2) is 6.54. The predicted molar refractivity (Wildman–Crippen MR) is 75.4 cm³/mol. The van der Waals surface area contributed by atoms with Gasteiger partial charge in [0.1, 0.15) is 0 Å². The van der Waals surface area contributed by atoms with E-state index in [0.29, 0.717) is 5.96 Å². The van der Waals surface area contributed by atoms with E-state index in [1.165, 1.54) is 0 Å². The molecule has 0 saturated carbocycles. The molecule has 0 amide bonds. The maximum absolute atomic E-state index is 6.06. The Kier molecular flexibility index (Phi) is 5.01. The number of aliphatic imine (C=N–C) groups is 1. The van der Waals surface area contributed by atoms with Crippen LogP contribution < -0.4 is 5.73 Å². The third kappa shape index (κ3) is 4.06. The number of ether oxygens (including phenoxy) is 2. The van der Waals surface area contributed by atoms with Gasteiger partial charge in [0.05, 0.1) is 33.0 Å². The standard InChI is InChI=1S/C13H26N4O2/c1-13(2,17-5-9-19-10-6-17)11-15-12(14)16-3-7-18-8-4-16/h3-11H2,1-2H3,(H2,14,15). The lowest BCUT2D eigenvalue weighted by Crippen LogP contribution is -2.52. The molecule has 0 aliphatic carbocycles. The fourth-order valence-corrected chi connectivity index (χ4v) is 2.44. The average molecular weight is 270 g/mol. The molecule has 2 aliphatic heterocycles. The molecule has 2 heterocycles. The van der Waals surface area contributed by atoms with Gasteiger partial charge in [0.25, 0.3) is 0 Å². The maximum atomic E-state index is 6.06. The third-order valence-electron chi connectivity index (χ3n) is 3.83. The minimum absolute atomic E-state index is 0.0285. The highest BCUT2D eigenvalue weighted by molar-refractivity contribution is 5.78. The first kappa shape index (κ1) is 14.6. The van der Waals surface area contributed by atoms with Crippen molar-refractivity contribution in [3.63, 3.8) is 0 Å². The van der Waals surface area contributed by atoms with Crippen LogP contribution in [0.3, 0.4) is 0 Å². The molecule has 6 nitrogen and oxygen atoms in total. The van der Waals surface area contributed by atoms with Crippen molar-refractivity contribution < 1.29 is 9.47 Å². The molecule has 0 aromatic heterocycles. The molecule has 110 valence electrons. The molecule has 0 radical (unpaired) electrons. The van der Waals surface area contributed by atoms with Crippen LogP contribution in [-0.4, -0.2) is 80.4 Å². The summed E-state index contributed by atoms with van der Waals surface area (Å²) in [7, 11) is 0. The number of guanidine groups is 1. The van der Waals surface area contributed by atoms with E-state index >= 15 is 0 Å². The highest BCUT2D eigenvalue weighted by Crippen LogP contribution is 2.16. The van der Waals surface area contributed by atoms with Gasteiger partial charge in [0, 0.05) is 31.7 Å². The first-order chi connectivity index (χ1) is 9.09. The van der Waals surface area contributed by atoms with E-state index in [9.17, 15) is 0 Å². The van der Waals surface area contributed by atoms with Crippen molar-refractivity contribution in [3.05, 3.63) is 0 Å². The largest absolute Gasteiger partial charge is 0.379 e. The third-order valence-corrected chi connectivity index (χ3v) is 3.83. The van der Waals surface area contributed by atoms with E-state index in [-0.39, 0.29) is 5.54 Å². The summed E-state index contributed by atoms with van der Waals surface area (Å²) in [5, 5.41) is 0. The van der Waals surface area contributed by atoms with Gasteiger partial charge >= 0.3 is 0 Å². The Bertz CT molecular complexity index is 308. The maximum Gasteiger partial charge on any atom is 0.191 e. The van der Waals surface area contributed by atoms with Crippen molar-refractivity contribution in [2.75, 3.05) is 59.2 Å². The van der Waals surface area contributed by atoms with Gasteiger partial charge in [-0.25, -0.2) is 0 Å². The molecule has 2 fully saturated rings. The van der Waals surface area contributed by atoms with Gasteiger partial charge in [-0.2, -0.15) is 0 Å². The Morgan fingerprint density at radius 1 is 1.05 bits per heavy atom. The van der Waals surface area contributed by atoms with Gasteiger partial charge < -0.3 is 20.1 Å². The summed E-state index contributed by atoms with van der Waals surface area (Å²) in [6.07, 6.45) is 0. The molecule has 6 heteroatoms. The van der Waals surface area contributed by atoms with E-state index in [4.69, 9.17) is 15.2 Å². The van der Waals surface area contributed by atoms with Crippen molar-refractivity contribution in [1.29, 1.82) is 0 Å². The smallest absolute Gasteiger partial charge is 0.191 e. The molecule has 2 N–H and O–H groups in total. The summed E-state index contributed by atoms with van der Waals surface area (Å²) in [4.78, 5) is 9.10. The number of nitrogens with two attached hydrogens (primary N) is 1. The topological polar surface area (TPSA) is 63.3 Å². The Morgan fingerprint density at radius 3 is 2.16 bits per heavy atom. The average Bonchev–Trinajstić information content (AvgIpc) is 2.47. The second-order valence-corrected chi connectivity index (χ2v) is 5.69. The quantitative estimate of drug-likeness (QED) is 0.566. The SMILES string of the molecule is CC(C)(CN=C(N)N1CCOCC1)N1CCOCC1. The van der Waals surface area contributed by atoms with Gasteiger partial charge in [0.15, 0.2) is 5.96 Å². The Balaban J connectivity index is 1.87. The Morgan fingerprint density at radius 2 is 1.58 bits per heavy atom. The summed E-state index contributed by atoms with van der Waals surface area (Å²) in [6, 6.07) is 0. The van der Waals surface area contributed by atoms with Gasteiger partial charge in [-0.3, -0.25) is 9.89 Å². The fraction of sp³-hybridized carbons (Fsp3) is 0.923. The second-order valence-electron chi connectivity index (χ2n) is 5.69. The predicted octanol–water partition coefficient (Wildman–Crippen LogP) is -0.256. The molecule has 0 aromatic rings. The molecule has 0 unspecified atom stereocenters. The zero-order chi connectivity index (χ0) is 13.7. The highest BCUT2D eigenvalue weighted by Gasteiger charge is 2.28. The van der Waals surface area contributed by atoms with E-state index in [1.807, 2.05) is 0 Å². The van der Waals surface area contributed by atoms with Crippen LogP contribution in [0.15, 0.2) is 4.99 Å². The van der Waals surface area contributed by atoms with Gasteiger partial charge in [0.2, 0.25) is 0 Å². The normalized spacial score (nSPS) is 23.7. The minimum atomic E-state index is 0.0285.